The van der Waals surface area contributed by atoms with Crippen molar-refractivity contribution in [2.45, 2.75) is 20.4 Å². The third kappa shape index (κ3) is 3.24. The molecule has 0 aromatic heterocycles. The predicted molar refractivity (Wildman–Crippen MR) is 61.2 cm³/mol. The van der Waals surface area contributed by atoms with Gasteiger partial charge in [-0.1, -0.05) is 12.1 Å². The van der Waals surface area contributed by atoms with Gasteiger partial charge in [-0.2, -0.15) is 0 Å². The van der Waals surface area contributed by atoms with E-state index in [1.807, 2.05) is 18.2 Å². The molecule has 1 aromatic carbocycles. The minimum Gasteiger partial charge on any atom is -0.492 e. The van der Waals surface area contributed by atoms with E-state index >= 15 is 0 Å². The molecule has 0 aliphatic heterocycles. The summed E-state index contributed by atoms with van der Waals surface area (Å²) in [4.78, 5) is 10.9. The van der Waals surface area contributed by atoms with E-state index in [1.165, 1.54) is 0 Å². The number of ether oxygens (including phenoxy) is 1. The first-order valence-electron chi connectivity index (χ1n) is 5.11. The molecule has 0 unspecified atom stereocenters. The van der Waals surface area contributed by atoms with E-state index in [0.717, 1.165) is 5.56 Å². The Kier molecular flexibility index (Phi) is 3.90. The number of rotatable bonds is 5. The Bertz CT molecular complexity index is 374. The highest BCUT2D eigenvalue weighted by Crippen LogP contribution is 2.19. The molecule has 0 fully saturated rings. The molecule has 1 rings (SSSR count). The van der Waals surface area contributed by atoms with E-state index in [4.69, 9.17) is 15.6 Å². The van der Waals surface area contributed by atoms with Crippen molar-refractivity contribution in [3.05, 3.63) is 29.8 Å². The van der Waals surface area contributed by atoms with Gasteiger partial charge >= 0.3 is 5.97 Å². The van der Waals surface area contributed by atoms with E-state index in [-0.39, 0.29) is 6.61 Å². The van der Waals surface area contributed by atoms with Crippen LogP contribution in [0.25, 0.3) is 0 Å². The van der Waals surface area contributed by atoms with Crippen molar-refractivity contribution < 1.29 is 14.6 Å². The fourth-order valence-corrected chi connectivity index (χ4v) is 1.09. The molecule has 0 bridgehead atoms. The molecule has 0 aliphatic carbocycles. The third-order valence-corrected chi connectivity index (χ3v) is 2.31. The highest BCUT2D eigenvalue weighted by atomic mass is 16.5. The molecular formula is C12H17NO3. The van der Waals surface area contributed by atoms with E-state index in [1.54, 1.807) is 19.9 Å². The van der Waals surface area contributed by atoms with Crippen LogP contribution in [0.15, 0.2) is 24.3 Å². The molecule has 4 heteroatoms. The van der Waals surface area contributed by atoms with E-state index < -0.39 is 11.4 Å². The zero-order valence-electron chi connectivity index (χ0n) is 9.56. The average Bonchev–Trinajstić information content (AvgIpc) is 2.26. The maximum Gasteiger partial charge on any atom is 0.312 e. The Labute approximate surface area is 95.0 Å². The van der Waals surface area contributed by atoms with Gasteiger partial charge in [0.15, 0.2) is 0 Å². The highest BCUT2D eigenvalue weighted by Gasteiger charge is 2.28. The quantitative estimate of drug-likeness (QED) is 0.795. The summed E-state index contributed by atoms with van der Waals surface area (Å²) in [7, 11) is 0. The van der Waals surface area contributed by atoms with Gasteiger partial charge in [-0.15, -0.1) is 0 Å². The van der Waals surface area contributed by atoms with Gasteiger partial charge in [0.25, 0.3) is 0 Å². The van der Waals surface area contributed by atoms with Gasteiger partial charge in [-0.25, -0.2) is 0 Å². The number of carboxylic acid groups (broad SMARTS) is 1. The predicted octanol–water partition coefficient (Wildman–Crippen LogP) is 1.63. The van der Waals surface area contributed by atoms with Crippen molar-refractivity contribution in [3.8, 4) is 5.75 Å². The smallest absolute Gasteiger partial charge is 0.312 e. The molecule has 0 heterocycles. The number of carboxylic acids is 1. The lowest BCUT2D eigenvalue weighted by molar-refractivity contribution is -0.148. The minimum absolute atomic E-state index is 0.135. The number of nitrogens with two attached hydrogens (primary N) is 1. The van der Waals surface area contributed by atoms with E-state index in [2.05, 4.69) is 0 Å². The fourth-order valence-electron chi connectivity index (χ4n) is 1.09. The molecular weight excluding hydrogens is 206 g/mol. The Morgan fingerprint density at radius 3 is 2.75 bits per heavy atom. The van der Waals surface area contributed by atoms with Crippen LogP contribution in [0, 0.1) is 5.41 Å². The van der Waals surface area contributed by atoms with Gasteiger partial charge in [-0.3, -0.25) is 4.79 Å². The SMILES string of the molecule is CC(C)(COc1cccc(CN)c1)C(=O)O. The number of aliphatic carboxylic acids is 1. The summed E-state index contributed by atoms with van der Waals surface area (Å²) in [6.07, 6.45) is 0. The van der Waals surface area contributed by atoms with Crippen LogP contribution in [-0.4, -0.2) is 17.7 Å². The summed E-state index contributed by atoms with van der Waals surface area (Å²) in [5, 5.41) is 8.92. The summed E-state index contributed by atoms with van der Waals surface area (Å²) in [5.74, 6) is -0.222. The van der Waals surface area contributed by atoms with Crippen LogP contribution in [0.4, 0.5) is 0 Å². The molecule has 0 saturated heterocycles. The number of hydrogen-bond acceptors (Lipinski definition) is 3. The molecule has 0 spiro atoms. The third-order valence-electron chi connectivity index (χ3n) is 2.31. The molecule has 0 atom stereocenters. The Balaban J connectivity index is 2.64. The van der Waals surface area contributed by atoms with Crippen LogP contribution in [0.5, 0.6) is 5.75 Å². The second kappa shape index (κ2) is 4.99. The molecule has 0 amide bonds. The fraction of sp³-hybridized carbons (Fsp3) is 0.417. The van der Waals surface area contributed by atoms with Gasteiger partial charge in [0.2, 0.25) is 0 Å². The van der Waals surface area contributed by atoms with Crippen molar-refractivity contribution in [1.29, 1.82) is 0 Å². The van der Waals surface area contributed by atoms with Crippen LogP contribution in [0.3, 0.4) is 0 Å². The van der Waals surface area contributed by atoms with Crippen LogP contribution < -0.4 is 10.5 Å². The van der Waals surface area contributed by atoms with Crippen molar-refractivity contribution >= 4 is 5.97 Å². The van der Waals surface area contributed by atoms with E-state index in [9.17, 15) is 4.79 Å². The average molecular weight is 223 g/mol. The Morgan fingerprint density at radius 2 is 2.19 bits per heavy atom. The zero-order chi connectivity index (χ0) is 12.2. The lowest BCUT2D eigenvalue weighted by Gasteiger charge is -2.19. The summed E-state index contributed by atoms with van der Waals surface area (Å²) in [6.45, 7) is 3.83. The number of carbonyl (C=O) groups is 1. The summed E-state index contributed by atoms with van der Waals surface area (Å²) in [6, 6.07) is 7.34. The van der Waals surface area contributed by atoms with Crippen LogP contribution in [-0.2, 0) is 11.3 Å². The first kappa shape index (κ1) is 12.5. The number of benzene rings is 1. The van der Waals surface area contributed by atoms with Crippen molar-refractivity contribution in [2.24, 2.45) is 11.1 Å². The Hall–Kier alpha value is -1.55. The number of hydrogen-bond donors (Lipinski definition) is 2. The Morgan fingerprint density at radius 1 is 1.50 bits per heavy atom. The molecule has 88 valence electrons. The lowest BCUT2D eigenvalue weighted by Crippen LogP contribution is -2.30. The molecule has 16 heavy (non-hydrogen) atoms. The van der Waals surface area contributed by atoms with E-state index in [0.29, 0.717) is 12.3 Å². The maximum absolute atomic E-state index is 10.9. The molecule has 0 saturated carbocycles. The normalized spacial score (nSPS) is 11.2. The largest absolute Gasteiger partial charge is 0.492 e. The van der Waals surface area contributed by atoms with Gasteiger partial charge in [0.1, 0.15) is 12.4 Å². The van der Waals surface area contributed by atoms with Crippen molar-refractivity contribution in [1.82, 2.24) is 0 Å². The zero-order valence-corrected chi connectivity index (χ0v) is 9.56. The molecule has 3 N–H and O–H groups in total. The maximum atomic E-state index is 10.9. The van der Waals surface area contributed by atoms with Crippen LogP contribution in [0.1, 0.15) is 19.4 Å². The molecule has 0 radical (unpaired) electrons. The minimum atomic E-state index is -0.890. The molecule has 1 aromatic rings. The lowest BCUT2D eigenvalue weighted by atomic mass is 9.95. The standard InChI is InChI=1S/C12H17NO3/c1-12(2,11(14)15)8-16-10-5-3-4-9(6-10)7-13/h3-6H,7-8,13H2,1-2H3,(H,14,15). The van der Waals surface area contributed by atoms with Crippen LogP contribution >= 0.6 is 0 Å². The van der Waals surface area contributed by atoms with Gasteiger partial charge in [0, 0.05) is 6.54 Å². The molecule has 0 aliphatic rings. The first-order chi connectivity index (χ1) is 7.45. The topological polar surface area (TPSA) is 72.5 Å². The van der Waals surface area contributed by atoms with Crippen molar-refractivity contribution in [2.75, 3.05) is 6.61 Å². The second-order valence-electron chi connectivity index (χ2n) is 4.33. The van der Waals surface area contributed by atoms with Crippen molar-refractivity contribution in [3.63, 3.8) is 0 Å². The first-order valence-corrected chi connectivity index (χ1v) is 5.11. The van der Waals surface area contributed by atoms with Crippen LogP contribution in [0.2, 0.25) is 0 Å². The van der Waals surface area contributed by atoms with Gasteiger partial charge < -0.3 is 15.6 Å². The molecule has 4 nitrogen and oxygen atoms in total. The monoisotopic (exact) mass is 223 g/mol. The van der Waals surface area contributed by atoms with Gasteiger partial charge in [0.05, 0.1) is 5.41 Å². The highest BCUT2D eigenvalue weighted by molar-refractivity contribution is 5.73. The summed E-state index contributed by atoms with van der Waals surface area (Å²) < 4.78 is 5.44. The summed E-state index contributed by atoms with van der Waals surface area (Å²) >= 11 is 0. The second-order valence-corrected chi connectivity index (χ2v) is 4.33. The van der Waals surface area contributed by atoms with Gasteiger partial charge in [-0.05, 0) is 31.5 Å². The summed E-state index contributed by atoms with van der Waals surface area (Å²) in [5.41, 5.74) is 5.57.